The van der Waals surface area contributed by atoms with E-state index in [1.54, 1.807) is 0 Å². The maximum absolute atomic E-state index is 9.39. The Bertz CT molecular complexity index is 886. The van der Waals surface area contributed by atoms with Crippen LogP contribution in [0.3, 0.4) is 0 Å². The summed E-state index contributed by atoms with van der Waals surface area (Å²) in [6.45, 7) is 0. The summed E-state index contributed by atoms with van der Waals surface area (Å²) in [5, 5.41) is 77.8. The van der Waals surface area contributed by atoms with Crippen LogP contribution in [-0.4, -0.2) is 180 Å². The van der Waals surface area contributed by atoms with Gasteiger partial charge in [-0.2, -0.15) is 0 Å². The normalized spacial score (nSPS) is 8.77. The number of carboxylic acid groups (broad SMARTS) is 12. The maximum atomic E-state index is 9.39. The second-order valence-electron chi connectivity index (χ2n) is 9.14. The fourth-order valence-electron chi connectivity index (χ4n) is 0.441. The van der Waals surface area contributed by atoms with Crippen molar-refractivity contribution in [2.45, 2.75) is 0 Å². The predicted molar refractivity (Wildman–Crippen MR) is 184 cm³/mol. The van der Waals surface area contributed by atoms with Crippen molar-refractivity contribution in [3.8, 4) is 0 Å². The van der Waals surface area contributed by atoms with Gasteiger partial charge >= 0.3 is 53.0 Å². The average molecular weight is 879 g/mol. The zero-order valence-corrected chi connectivity index (χ0v) is 32.4. The van der Waals surface area contributed by atoms with Crippen molar-refractivity contribution in [2.75, 3.05) is 56.4 Å². The van der Waals surface area contributed by atoms with Crippen LogP contribution in [0.4, 0.5) is 57.5 Å². The second kappa shape index (κ2) is 39.4. The van der Waals surface area contributed by atoms with Gasteiger partial charge in [0.1, 0.15) is 10.6 Å². The molecule has 52 heavy (non-hydrogen) atoms. The monoisotopic (exact) mass is 878 g/mol. The van der Waals surface area contributed by atoms with Crippen molar-refractivity contribution >= 4 is 134 Å². The maximum Gasteiger partial charge on any atom is 0.376 e. The van der Waals surface area contributed by atoms with Gasteiger partial charge in [0.2, 0.25) is 0 Å². The molecule has 32 heteroatoms. The van der Waals surface area contributed by atoms with E-state index in [0.717, 1.165) is 8.97 Å². The first-order valence-electron chi connectivity index (χ1n) is 11.1. The van der Waals surface area contributed by atoms with Crippen molar-refractivity contribution in [2.24, 2.45) is 0 Å². The summed E-state index contributed by atoms with van der Waals surface area (Å²) in [5.41, 5.74) is 0. The third-order valence-electron chi connectivity index (χ3n) is 1.04. The molecule has 304 valence electrons. The van der Waals surface area contributed by atoms with Gasteiger partial charge in [-0.25, -0.2) is 47.9 Å². The first-order chi connectivity index (χ1) is 22.8. The zero-order valence-electron chi connectivity index (χ0n) is 27.5. The molecule has 0 aliphatic rings. The molecule has 0 aliphatic heterocycles. The summed E-state index contributed by atoms with van der Waals surface area (Å²) in [5.74, 6) is 0. The van der Waals surface area contributed by atoms with E-state index in [9.17, 15) is 67.7 Å². The summed E-state index contributed by atoms with van der Waals surface area (Å²) >= 11 is -1.17. The molecular weight excluding hydrogens is 845 g/mol. The second-order valence-corrected chi connectivity index (χ2v) is 14.5. The topological polar surface area (TPSA) is 453 Å². The van der Waals surface area contributed by atoms with Crippen LogP contribution in [0.2, 0.25) is 0 Å². The molecule has 0 aromatic heterocycles. The van der Waals surface area contributed by atoms with E-state index < -0.39 is 63.6 Å². The minimum absolute atomic E-state index is 0.157. The number of nitrogens with zero attached hydrogens (tertiary/aromatic N) is 2. The van der Waals surface area contributed by atoms with Gasteiger partial charge in [-0.1, -0.05) is 11.8 Å². The molecule has 0 fully saturated rings. The number of quaternary nitrogens is 2. The standard InChI is InChI=1S/2C4H12N.6C2H2O4S/c2*1-5(2,3)4;6*3-1(4)7-2(5)6/h2*1-4H3;6*(H,3,4)(H,5,6)/q2*+1;;;;;;/p-2. The van der Waals surface area contributed by atoms with E-state index in [4.69, 9.17) is 51.1 Å². The summed E-state index contributed by atoms with van der Waals surface area (Å²) in [6.07, 6.45) is 0. The molecule has 0 saturated heterocycles. The molecule has 0 unspecified atom stereocenters. The van der Waals surface area contributed by atoms with Gasteiger partial charge in [-0.3, -0.25) is 0 Å². The third kappa shape index (κ3) is 236. The molecule has 0 spiro atoms. The number of hydrogen-bond donors (Lipinski definition) is 10. The molecule has 26 nitrogen and oxygen atoms in total. The first-order valence-corrected chi connectivity index (χ1v) is 16.0. The van der Waals surface area contributed by atoms with Gasteiger partial charge in [0, 0.05) is 0 Å². The highest BCUT2D eigenvalue weighted by molar-refractivity contribution is 8.26. The number of hydrogen-bond acceptors (Lipinski definition) is 20. The van der Waals surface area contributed by atoms with Gasteiger partial charge in [0.05, 0.1) is 115 Å². The van der Waals surface area contributed by atoms with Crippen LogP contribution in [0, 0.1) is 0 Å². The highest BCUT2D eigenvalue weighted by Crippen LogP contribution is 2.02. The summed E-state index contributed by atoms with van der Waals surface area (Å²) in [7, 11) is 17.0. The van der Waals surface area contributed by atoms with Crippen molar-refractivity contribution in [3.63, 3.8) is 0 Å². The van der Waals surface area contributed by atoms with Crippen molar-refractivity contribution in [3.05, 3.63) is 0 Å². The molecule has 0 radical (unpaired) electrons. The Morgan fingerprint density at radius 2 is 0.365 bits per heavy atom. The Hall–Kier alpha value is -4.34. The number of carbonyl (C=O) groups is 12. The Balaban J connectivity index is -0.0000000711. The zero-order chi connectivity index (χ0) is 44.2. The van der Waals surface area contributed by atoms with Crippen LogP contribution >= 0.6 is 70.6 Å². The van der Waals surface area contributed by atoms with E-state index in [0.29, 0.717) is 0 Å². The molecule has 0 bridgehead atoms. The van der Waals surface area contributed by atoms with Gasteiger partial charge < -0.3 is 79.8 Å². The van der Waals surface area contributed by atoms with Gasteiger partial charge in [-0.15, -0.1) is 0 Å². The van der Waals surface area contributed by atoms with E-state index in [1.165, 1.54) is 0 Å². The predicted octanol–water partition coefficient (Wildman–Crippen LogP) is 4.43. The summed E-state index contributed by atoms with van der Waals surface area (Å²) in [6, 6.07) is 0. The molecule has 0 rings (SSSR count). The molecule has 0 aromatic carbocycles. The first kappa shape index (κ1) is 66.0. The van der Waals surface area contributed by atoms with Crippen molar-refractivity contribution in [1.29, 1.82) is 0 Å². The van der Waals surface area contributed by atoms with Crippen LogP contribution in [0.15, 0.2) is 0 Å². The molecular formula is C20H34N2O24S6. The minimum Gasteiger partial charge on any atom is -0.538 e. The van der Waals surface area contributed by atoms with Crippen molar-refractivity contribution < 1.29 is 128 Å². The highest BCUT2D eigenvalue weighted by Gasteiger charge is 2.05. The number of thioether (sulfide) groups is 6. The Morgan fingerprint density at radius 1 is 0.288 bits per heavy atom. The lowest BCUT2D eigenvalue weighted by Gasteiger charge is -2.14. The lowest BCUT2D eigenvalue weighted by Crippen LogP contribution is -2.27. The largest absolute Gasteiger partial charge is 0.538 e. The van der Waals surface area contributed by atoms with Gasteiger partial charge in [0.25, 0.3) is 0 Å². The molecule has 0 saturated carbocycles. The Labute approximate surface area is 317 Å². The van der Waals surface area contributed by atoms with Crippen LogP contribution in [0.25, 0.3) is 0 Å². The van der Waals surface area contributed by atoms with Crippen molar-refractivity contribution in [1.82, 2.24) is 0 Å². The fraction of sp³-hybridized carbons (Fsp3) is 0.400. The van der Waals surface area contributed by atoms with E-state index >= 15 is 0 Å². The average Bonchev–Trinajstić information content (AvgIpc) is 2.73. The Morgan fingerprint density at radius 3 is 0.365 bits per heavy atom. The van der Waals surface area contributed by atoms with E-state index in [1.807, 2.05) is 0 Å². The van der Waals surface area contributed by atoms with Gasteiger partial charge in [0.15, 0.2) is 0 Å². The highest BCUT2D eigenvalue weighted by atomic mass is 32.2. The lowest BCUT2D eigenvalue weighted by atomic mass is 10.8. The fourth-order valence-corrected chi connectivity index (χ4v) is 1.32. The van der Waals surface area contributed by atoms with Crippen LogP contribution in [0.1, 0.15) is 0 Å². The van der Waals surface area contributed by atoms with Crippen LogP contribution < -0.4 is 10.2 Å². The van der Waals surface area contributed by atoms with Crippen LogP contribution in [0.5, 0.6) is 0 Å². The van der Waals surface area contributed by atoms with Gasteiger partial charge in [-0.05, 0) is 0 Å². The quantitative estimate of drug-likeness (QED) is 0.150. The number of rotatable bonds is 0. The lowest BCUT2D eigenvalue weighted by molar-refractivity contribution is -0.849. The summed E-state index contributed by atoms with van der Waals surface area (Å²) < 4.78 is 2.00. The molecule has 0 aliphatic carbocycles. The van der Waals surface area contributed by atoms with E-state index in [2.05, 4.69) is 56.4 Å². The molecule has 0 amide bonds. The smallest absolute Gasteiger partial charge is 0.376 e. The Kier molecular flexibility index (Phi) is 50.0. The molecule has 0 atom stereocenters. The minimum atomic E-state index is -1.71. The molecule has 0 heterocycles. The molecule has 0 aromatic rings. The van der Waals surface area contributed by atoms with E-state index in [-0.39, 0.29) is 70.6 Å². The third-order valence-corrected chi connectivity index (χ3v) is 3.12. The SMILES string of the molecule is C[N+](C)(C)C.C[N+](C)(C)C.O=C(O)SC(=O)O.O=C(O)SC(=O)O.O=C(O)SC(=O)O.O=C(O)SC(=O)O.O=C(O)SC(=O)O.O=C([O-])SC(=O)[O-]. The number of carbonyl (C=O) groups excluding carboxylic acids is 2. The molecule has 10 N–H and O–H groups in total. The summed E-state index contributed by atoms with van der Waals surface area (Å²) in [4.78, 5) is 112. The van der Waals surface area contributed by atoms with Crippen LogP contribution in [-0.2, 0) is 0 Å².